The molecule has 0 amide bonds. The zero-order valence-electron chi connectivity index (χ0n) is 12.9. The molecule has 4 heteroatoms. The summed E-state index contributed by atoms with van der Waals surface area (Å²) in [7, 11) is 3.09. The van der Waals surface area contributed by atoms with Crippen LogP contribution in [0.25, 0.3) is 0 Å². The molecular formula is C17H25FO3. The standard InChI is InChI=1S/C17H25FO3/c1-20-14-9-7-8-13(16(14)18)12-15(19)17(21-2)10-5-3-4-6-11-17/h7-9,15,19H,3-6,10-12H2,1-2H3. The molecule has 1 atom stereocenters. The van der Waals surface area contributed by atoms with E-state index in [1.807, 2.05) is 0 Å². The molecule has 1 aliphatic carbocycles. The molecule has 1 aromatic rings. The monoisotopic (exact) mass is 296 g/mol. The van der Waals surface area contributed by atoms with E-state index in [-0.39, 0.29) is 18.0 Å². The van der Waals surface area contributed by atoms with Crippen LogP contribution < -0.4 is 4.74 Å². The summed E-state index contributed by atoms with van der Waals surface area (Å²) in [4.78, 5) is 0. The Morgan fingerprint density at radius 2 is 1.86 bits per heavy atom. The van der Waals surface area contributed by atoms with E-state index >= 15 is 0 Å². The summed E-state index contributed by atoms with van der Waals surface area (Å²) in [6.45, 7) is 0. The van der Waals surface area contributed by atoms with Gasteiger partial charge in [-0.15, -0.1) is 0 Å². The molecule has 3 nitrogen and oxygen atoms in total. The Kier molecular flexibility index (Phi) is 5.59. The topological polar surface area (TPSA) is 38.7 Å². The van der Waals surface area contributed by atoms with Gasteiger partial charge in [0.2, 0.25) is 0 Å². The Morgan fingerprint density at radius 1 is 1.19 bits per heavy atom. The van der Waals surface area contributed by atoms with Crippen molar-refractivity contribution in [2.45, 2.75) is 56.7 Å². The predicted molar refractivity (Wildman–Crippen MR) is 80.1 cm³/mol. The van der Waals surface area contributed by atoms with Gasteiger partial charge in [0.25, 0.3) is 0 Å². The second-order valence-corrected chi connectivity index (χ2v) is 5.84. The van der Waals surface area contributed by atoms with Gasteiger partial charge in [-0.25, -0.2) is 4.39 Å². The van der Waals surface area contributed by atoms with Crippen LogP contribution in [-0.4, -0.2) is 31.0 Å². The molecular weight excluding hydrogens is 271 g/mol. The minimum absolute atomic E-state index is 0.215. The van der Waals surface area contributed by atoms with Crippen LogP contribution in [0.4, 0.5) is 4.39 Å². The molecule has 1 fully saturated rings. The average Bonchev–Trinajstić information content (AvgIpc) is 2.75. The van der Waals surface area contributed by atoms with Crippen molar-refractivity contribution in [1.82, 2.24) is 0 Å². The number of aliphatic hydroxyl groups is 1. The van der Waals surface area contributed by atoms with Crippen molar-refractivity contribution in [3.8, 4) is 5.75 Å². The third-order valence-electron chi connectivity index (χ3n) is 4.64. The van der Waals surface area contributed by atoms with Crippen molar-refractivity contribution in [3.63, 3.8) is 0 Å². The summed E-state index contributed by atoms with van der Waals surface area (Å²) in [6, 6.07) is 5.03. The van der Waals surface area contributed by atoms with Gasteiger partial charge in [-0.2, -0.15) is 0 Å². The number of hydrogen-bond acceptors (Lipinski definition) is 3. The summed E-state index contributed by atoms with van der Waals surface area (Å²) in [5.74, 6) is -0.175. The van der Waals surface area contributed by atoms with Gasteiger partial charge < -0.3 is 14.6 Å². The first kappa shape index (κ1) is 16.2. The Labute approximate surface area is 126 Å². The summed E-state index contributed by atoms with van der Waals surface area (Å²) in [5, 5.41) is 10.7. The molecule has 1 N–H and O–H groups in total. The minimum Gasteiger partial charge on any atom is -0.494 e. The second kappa shape index (κ2) is 7.23. The van der Waals surface area contributed by atoms with Crippen molar-refractivity contribution in [2.75, 3.05) is 14.2 Å². The summed E-state index contributed by atoms with van der Waals surface area (Å²) < 4.78 is 24.9. The maximum absolute atomic E-state index is 14.2. The van der Waals surface area contributed by atoms with Crippen LogP contribution in [0.3, 0.4) is 0 Å². The summed E-state index contributed by atoms with van der Waals surface area (Å²) >= 11 is 0. The van der Waals surface area contributed by atoms with Crippen LogP contribution in [0.2, 0.25) is 0 Å². The molecule has 0 aromatic heterocycles. The number of methoxy groups -OCH3 is 2. The molecule has 118 valence electrons. The largest absolute Gasteiger partial charge is 0.494 e. The molecule has 0 saturated heterocycles. The fourth-order valence-electron chi connectivity index (χ4n) is 3.27. The number of rotatable bonds is 5. The van der Waals surface area contributed by atoms with E-state index in [2.05, 4.69) is 0 Å². The number of aliphatic hydroxyl groups excluding tert-OH is 1. The lowest BCUT2D eigenvalue weighted by Crippen LogP contribution is -2.45. The quantitative estimate of drug-likeness (QED) is 0.846. The third-order valence-corrected chi connectivity index (χ3v) is 4.64. The van der Waals surface area contributed by atoms with E-state index in [4.69, 9.17) is 9.47 Å². The van der Waals surface area contributed by atoms with Gasteiger partial charge >= 0.3 is 0 Å². The second-order valence-electron chi connectivity index (χ2n) is 5.84. The number of hydrogen-bond donors (Lipinski definition) is 1. The van der Waals surface area contributed by atoms with Crippen molar-refractivity contribution >= 4 is 0 Å². The van der Waals surface area contributed by atoms with Crippen LogP contribution >= 0.6 is 0 Å². The van der Waals surface area contributed by atoms with Crippen molar-refractivity contribution < 1.29 is 19.0 Å². The zero-order chi connectivity index (χ0) is 15.3. The Balaban J connectivity index is 2.17. The minimum atomic E-state index is -0.706. The molecule has 21 heavy (non-hydrogen) atoms. The lowest BCUT2D eigenvalue weighted by molar-refractivity contribution is -0.111. The van der Waals surface area contributed by atoms with Gasteiger partial charge in [0, 0.05) is 13.5 Å². The highest BCUT2D eigenvalue weighted by atomic mass is 19.1. The number of benzene rings is 1. The molecule has 2 rings (SSSR count). The first-order valence-electron chi connectivity index (χ1n) is 7.67. The first-order valence-corrected chi connectivity index (χ1v) is 7.67. The molecule has 1 aromatic carbocycles. The molecule has 0 aliphatic heterocycles. The van der Waals surface area contributed by atoms with Gasteiger partial charge in [0.1, 0.15) is 0 Å². The van der Waals surface area contributed by atoms with E-state index in [9.17, 15) is 9.50 Å². The number of halogens is 1. The van der Waals surface area contributed by atoms with E-state index in [1.165, 1.54) is 20.0 Å². The fourth-order valence-corrected chi connectivity index (χ4v) is 3.27. The Hall–Kier alpha value is -1.13. The van der Waals surface area contributed by atoms with E-state index in [1.54, 1.807) is 25.3 Å². The van der Waals surface area contributed by atoms with Gasteiger partial charge in [-0.1, -0.05) is 37.8 Å². The normalized spacial score (nSPS) is 19.8. The molecule has 0 bridgehead atoms. The van der Waals surface area contributed by atoms with Crippen molar-refractivity contribution in [2.24, 2.45) is 0 Å². The smallest absolute Gasteiger partial charge is 0.168 e. The summed E-state index contributed by atoms with van der Waals surface area (Å²) in [5.41, 5.74) is -0.0750. The molecule has 0 radical (unpaired) electrons. The van der Waals surface area contributed by atoms with Crippen LogP contribution in [0.1, 0.15) is 44.1 Å². The molecule has 1 aliphatic rings. The van der Waals surface area contributed by atoms with Crippen LogP contribution in [0.15, 0.2) is 18.2 Å². The van der Waals surface area contributed by atoms with Gasteiger partial charge in [0.05, 0.1) is 18.8 Å². The highest BCUT2D eigenvalue weighted by Crippen LogP contribution is 2.35. The fraction of sp³-hybridized carbons (Fsp3) is 0.647. The maximum atomic E-state index is 14.2. The van der Waals surface area contributed by atoms with Crippen LogP contribution in [-0.2, 0) is 11.2 Å². The van der Waals surface area contributed by atoms with Gasteiger partial charge in [-0.3, -0.25) is 0 Å². The van der Waals surface area contributed by atoms with Crippen LogP contribution in [0, 0.1) is 5.82 Å². The van der Waals surface area contributed by atoms with E-state index in [0.29, 0.717) is 5.56 Å². The Bertz CT molecular complexity index is 453. The zero-order valence-corrected chi connectivity index (χ0v) is 12.9. The SMILES string of the molecule is COc1cccc(CC(O)C2(OC)CCCCCC2)c1F. The molecule has 0 spiro atoms. The first-order chi connectivity index (χ1) is 10.1. The van der Waals surface area contributed by atoms with Gasteiger partial charge in [0.15, 0.2) is 11.6 Å². The summed E-state index contributed by atoms with van der Waals surface area (Å²) in [6.07, 6.45) is 5.64. The van der Waals surface area contributed by atoms with E-state index in [0.717, 1.165) is 25.7 Å². The third kappa shape index (κ3) is 3.55. The molecule has 1 unspecified atom stereocenters. The Morgan fingerprint density at radius 3 is 2.43 bits per heavy atom. The molecule has 0 heterocycles. The highest BCUT2D eigenvalue weighted by Gasteiger charge is 2.38. The maximum Gasteiger partial charge on any atom is 0.168 e. The molecule has 1 saturated carbocycles. The predicted octanol–water partition coefficient (Wildman–Crippen LogP) is 3.48. The van der Waals surface area contributed by atoms with Crippen molar-refractivity contribution in [1.29, 1.82) is 0 Å². The highest BCUT2D eigenvalue weighted by molar-refractivity contribution is 5.31. The van der Waals surface area contributed by atoms with Crippen molar-refractivity contribution in [3.05, 3.63) is 29.6 Å². The lowest BCUT2D eigenvalue weighted by atomic mass is 9.84. The van der Waals surface area contributed by atoms with Crippen LogP contribution in [0.5, 0.6) is 5.75 Å². The van der Waals surface area contributed by atoms with E-state index < -0.39 is 11.7 Å². The lowest BCUT2D eigenvalue weighted by Gasteiger charge is -2.36. The number of ether oxygens (including phenoxy) is 2. The van der Waals surface area contributed by atoms with Gasteiger partial charge in [-0.05, 0) is 24.5 Å². The average molecular weight is 296 g/mol.